The molecule has 0 radical (unpaired) electrons. The lowest BCUT2D eigenvalue weighted by molar-refractivity contribution is 0.235. The van der Waals surface area contributed by atoms with Crippen molar-refractivity contribution in [2.75, 3.05) is 12.8 Å². The monoisotopic (exact) mass is 177 g/mol. The lowest BCUT2D eigenvalue weighted by Crippen LogP contribution is -2.33. The number of thioether (sulfide) groups is 1. The van der Waals surface area contributed by atoms with E-state index in [1.807, 2.05) is 0 Å². The van der Waals surface area contributed by atoms with Gasteiger partial charge in [0.2, 0.25) is 0 Å². The van der Waals surface area contributed by atoms with Gasteiger partial charge in [-0.3, -0.25) is 4.90 Å². The summed E-state index contributed by atoms with van der Waals surface area (Å²) in [5.41, 5.74) is 0. The zero-order chi connectivity index (χ0) is 8.43. The van der Waals surface area contributed by atoms with Crippen LogP contribution in [0.5, 0.6) is 0 Å². The van der Waals surface area contributed by atoms with Crippen molar-refractivity contribution in [3.63, 3.8) is 0 Å². The van der Waals surface area contributed by atoms with Crippen LogP contribution in [0, 0.1) is 0 Å². The second-order valence-corrected chi connectivity index (χ2v) is 4.33. The molecule has 0 aromatic rings. The SMILES string of the molecule is CS[C@@H]1C[C@@H](F)CN1C(C)C. The number of alkyl halides is 1. The van der Waals surface area contributed by atoms with Crippen LogP contribution < -0.4 is 0 Å². The Labute approximate surface area is 72.3 Å². The van der Waals surface area contributed by atoms with E-state index in [4.69, 9.17) is 0 Å². The fourth-order valence-electron chi connectivity index (χ4n) is 1.55. The highest BCUT2D eigenvalue weighted by atomic mass is 32.2. The molecule has 0 amide bonds. The normalized spacial score (nSPS) is 33.5. The molecule has 0 unspecified atom stereocenters. The molecule has 0 aromatic heterocycles. The van der Waals surface area contributed by atoms with E-state index < -0.39 is 6.17 Å². The maximum Gasteiger partial charge on any atom is 0.115 e. The first-order chi connectivity index (χ1) is 5.15. The number of rotatable bonds is 2. The molecule has 2 atom stereocenters. The lowest BCUT2D eigenvalue weighted by atomic mass is 10.3. The van der Waals surface area contributed by atoms with Crippen molar-refractivity contribution in [3.05, 3.63) is 0 Å². The molecule has 0 saturated carbocycles. The minimum Gasteiger partial charge on any atom is -0.286 e. The van der Waals surface area contributed by atoms with Gasteiger partial charge in [-0.15, -0.1) is 11.8 Å². The Morgan fingerprint density at radius 3 is 2.55 bits per heavy atom. The van der Waals surface area contributed by atoms with Gasteiger partial charge in [0.25, 0.3) is 0 Å². The highest BCUT2D eigenvalue weighted by Gasteiger charge is 2.32. The van der Waals surface area contributed by atoms with Crippen molar-refractivity contribution in [1.82, 2.24) is 4.90 Å². The molecular formula is C8H16FNS. The number of likely N-dealkylation sites (tertiary alicyclic amines) is 1. The summed E-state index contributed by atoms with van der Waals surface area (Å²) in [5.74, 6) is 0. The first-order valence-electron chi connectivity index (χ1n) is 4.07. The third-order valence-electron chi connectivity index (χ3n) is 2.17. The molecule has 1 heterocycles. The first kappa shape index (κ1) is 9.33. The van der Waals surface area contributed by atoms with Crippen LogP contribution in [0.4, 0.5) is 4.39 Å². The van der Waals surface area contributed by atoms with E-state index in [1.165, 1.54) is 0 Å². The lowest BCUT2D eigenvalue weighted by Gasteiger charge is -2.26. The quantitative estimate of drug-likeness (QED) is 0.635. The molecule has 1 saturated heterocycles. The molecule has 1 rings (SSSR count). The molecule has 0 N–H and O–H groups in total. The van der Waals surface area contributed by atoms with E-state index in [9.17, 15) is 4.39 Å². The first-order valence-corrected chi connectivity index (χ1v) is 5.36. The zero-order valence-corrected chi connectivity index (χ0v) is 8.20. The average molecular weight is 177 g/mol. The molecule has 0 aromatic carbocycles. The molecule has 1 nitrogen and oxygen atoms in total. The van der Waals surface area contributed by atoms with E-state index in [0.717, 1.165) is 0 Å². The van der Waals surface area contributed by atoms with Crippen molar-refractivity contribution < 1.29 is 4.39 Å². The summed E-state index contributed by atoms with van der Waals surface area (Å²) in [5, 5.41) is 0.407. The Morgan fingerprint density at radius 1 is 1.55 bits per heavy atom. The Hall–Kier alpha value is 0.240. The fraction of sp³-hybridized carbons (Fsp3) is 1.00. The molecule has 66 valence electrons. The topological polar surface area (TPSA) is 3.24 Å². The Balaban J connectivity index is 2.50. The zero-order valence-electron chi connectivity index (χ0n) is 7.38. The predicted molar refractivity (Wildman–Crippen MR) is 48.7 cm³/mol. The second-order valence-electron chi connectivity index (χ2n) is 3.31. The van der Waals surface area contributed by atoms with Gasteiger partial charge in [0.1, 0.15) is 6.17 Å². The highest BCUT2D eigenvalue weighted by molar-refractivity contribution is 7.99. The largest absolute Gasteiger partial charge is 0.286 e. The van der Waals surface area contributed by atoms with Crippen molar-refractivity contribution >= 4 is 11.8 Å². The summed E-state index contributed by atoms with van der Waals surface area (Å²) in [6.45, 7) is 4.88. The van der Waals surface area contributed by atoms with E-state index in [-0.39, 0.29) is 0 Å². The van der Waals surface area contributed by atoms with Gasteiger partial charge in [0.05, 0.1) is 5.37 Å². The molecule has 3 heteroatoms. The minimum absolute atomic E-state index is 0.407. The molecule has 0 spiro atoms. The third-order valence-corrected chi connectivity index (χ3v) is 3.18. The van der Waals surface area contributed by atoms with Crippen LogP contribution >= 0.6 is 11.8 Å². The standard InChI is InChI=1S/C8H16FNS/c1-6(2)10-5-7(9)4-8(10)11-3/h6-8H,4-5H2,1-3H3/t7-,8-/m1/s1. The van der Waals surface area contributed by atoms with Gasteiger partial charge in [0, 0.05) is 19.0 Å². The maximum absolute atomic E-state index is 12.9. The third kappa shape index (κ3) is 2.09. The fourth-order valence-corrected chi connectivity index (χ4v) is 2.55. The van der Waals surface area contributed by atoms with Gasteiger partial charge >= 0.3 is 0 Å². The maximum atomic E-state index is 12.9. The summed E-state index contributed by atoms with van der Waals surface area (Å²) < 4.78 is 12.9. The van der Waals surface area contributed by atoms with Gasteiger partial charge in [-0.2, -0.15) is 0 Å². The van der Waals surface area contributed by atoms with Crippen LogP contribution in [0.15, 0.2) is 0 Å². The van der Waals surface area contributed by atoms with Gasteiger partial charge in [-0.1, -0.05) is 0 Å². The van der Waals surface area contributed by atoms with E-state index in [0.29, 0.717) is 24.4 Å². The minimum atomic E-state index is -0.602. The van der Waals surface area contributed by atoms with Gasteiger partial charge < -0.3 is 0 Å². The number of halogens is 1. The number of hydrogen-bond acceptors (Lipinski definition) is 2. The smallest absolute Gasteiger partial charge is 0.115 e. The van der Waals surface area contributed by atoms with Crippen molar-refractivity contribution in [2.45, 2.75) is 37.9 Å². The van der Waals surface area contributed by atoms with E-state index >= 15 is 0 Å². The summed E-state index contributed by atoms with van der Waals surface area (Å²) >= 11 is 1.76. The second kappa shape index (κ2) is 3.76. The van der Waals surface area contributed by atoms with Crippen LogP contribution in [0.1, 0.15) is 20.3 Å². The van der Waals surface area contributed by atoms with Crippen molar-refractivity contribution in [1.29, 1.82) is 0 Å². The molecule has 1 fully saturated rings. The summed E-state index contributed by atoms with van der Waals surface area (Å²) in [6.07, 6.45) is 2.16. The van der Waals surface area contributed by atoms with Gasteiger partial charge in [-0.05, 0) is 20.1 Å². The average Bonchev–Trinajstić information content (AvgIpc) is 2.30. The van der Waals surface area contributed by atoms with Crippen LogP contribution in [-0.2, 0) is 0 Å². The summed E-state index contributed by atoms with van der Waals surface area (Å²) in [6, 6.07) is 0.480. The van der Waals surface area contributed by atoms with Crippen LogP contribution in [0.25, 0.3) is 0 Å². The van der Waals surface area contributed by atoms with E-state index in [1.54, 1.807) is 11.8 Å². The van der Waals surface area contributed by atoms with Crippen molar-refractivity contribution in [2.24, 2.45) is 0 Å². The summed E-state index contributed by atoms with van der Waals surface area (Å²) in [4.78, 5) is 2.23. The molecular weight excluding hydrogens is 161 g/mol. The van der Waals surface area contributed by atoms with Crippen LogP contribution in [-0.4, -0.2) is 35.3 Å². The summed E-state index contributed by atoms with van der Waals surface area (Å²) in [7, 11) is 0. The van der Waals surface area contributed by atoms with Gasteiger partial charge in [-0.25, -0.2) is 4.39 Å². The number of nitrogens with zero attached hydrogens (tertiary/aromatic N) is 1. The Morgan fingerprint density at radius 2 is 2.18 bits per heavy atom. The molecule has 0 bridgehead atoms. The Bertz CT molecular complexity index is 129. The number of hydrogen-bond donors (Lipinski definition) is 0. The molecule has 11 heavy (non-hydrogen) atoms. The molecule has 1 aliphatic heterocycles. The highest BCUT2D eigenvalue weighted by Crippen LogP contribution is 2.28. The van der Waals surface area contributed by atoms with Crippen LogP contribution in [0.3, 0.4) is 0 Å². The molecule has 1 aliphatic rings. The van der Waals surface area contributed by atoms with Crippen LogP contribution in [0.2, 0.25) is 0 Å². The molecule has 0 aliphatic carbocycles. The predicted octanol–water partition coefficient (Wildman–Crippen LogP) is 2.13. The van der Waals surface area contributed by atoms with Crippen molar-refractivity contribution in [3.8, 4) is 0 Å². The van der Waals surface area contributed by atoms with E-state index in [2.05, 4.69) is 25.0 Å². The Kier molecular flexibility index (Phi) is 3.19. The van der Waals surface area contributed by atoms with Gasteiger partial charge in [0.15, 0.2) is 0 Å².